The topological polar surface area (TPSA) is 87.0 Å². The van der Waals surface area contributed by atoms with E-state index < -0.39 is 0 Å². The molecule has 3 N–H and O–H groups in total. The van der Waals surface area contributed by atoms with Gasteiger partial charge in [-0.25, -0.2) is 0 Å². The zero-order chi connectivity index (χ0) is 13.6. The molecule has 2 aromatic heterocycles. The quantitative estimate of drug-likeness (QED) is 0.809. The van der Waals surface area contributed by atoms with Crippen molar-refractivity contribution in [2.45, 2.75) is 13.0 Å². The van der Waals surface area contributed by atoms with E-state index in [1.54, 1.807) is 6.20 Å². The van der Waals surface area contributed by atoms with Crippen LogP contribution in [0.1, 0.15) is 6.92 Å². The Morgan fingerprint density at radius 1 is 1.37 bits per heavy atom. The molecule has 2 aromatic rings. The Labute approximate surface area is 111 Å². The first-order valence-corrected chi connectivity index (χ1v) is 6.44. The van der Waals surface area contributed by atoms with E-state index in [4.69, 9.17) is 5.73 Å². The van der Waals surface area contributed by atoms with Crippen LogP contribution in [0, 0.1) is 5.92 Å². The maximum absolute atomic E-state index is 5.77. The van der Waals surface area contributed by atoms with Gasteiger partial charge in [-0.1, -0.05) is 6.92 Å². The molecule has 0 saturated carbocycles. The SMILES string of the molecule is CC1CN(c2nc(N)nc3[nH]ncc23)CC1N(C)C. The smallest absolute Gasteiger partial charge is 0.224 e. The summed E-state index contributed by atoms with van der Waals surface area (Å²) in [5, 5.41) is 7.81. The van der Waals surface area contributed by atoms with Gasteiger partial charge < -0.3 is 15.5 Å². The number of H-pyrrole nitrogens is 1. The van der Waals surface area contributed by atoms with Crippen LogP contribution in [0.4, 0.5) is 11.8 Å². The van der Waals surface area contributed by atoms with Crippen LogP contribution in [0.15, 0.2) is 6.20 Å². The maximum Gasteiger partial charge on any atom is 0.224 e. The molecular weight excluding hydrogens is 242 g/mol. The Morgan fingerprint density at radius 3 is 2.84 bits per heavy atom. The number of aromatic nitrogens is 4. The summed E-state index contributed by atoms with van der Waals surface area (Å²) in [4.78, 5) is 13.1. The molecule has 2 unspecified atom stereocenters. The fourth-order valence-electron chi connectivity index (χ4n) is 2.87. The molecule has 7 nitrogen and oxygen atoms in total. The Morgan fingerprint density at radius 2 is 2.16 bits per heavy atom. The molecule has 3 rings (SSSR count). The standard InChI is InChI=1S/C12H19N7/c1-7-5-19(6-9(7)18(2)3)11-8-4-14-17-10(8)15-12(13)16-11/h4,7,9H,5-6H2,1-3H3,(H3,13,14,15,16,17). The minimum atomic E-state index is 0.285. The highest BCUT2D eigenvalue weighted by Crippen LogP contribution is 2.29. The molecule has 1 saturated heterocycles. The van der Waals surface area contributed by atoms with Crippen molar-refractivity contribution in [3.05, 3.63) is 6.20 Å². The lowest BCUT2D eigenvalue weighted by molar-refractivity contribution is 0.266. The van der Waals surface area contributed by atoms with Gasteiger partial charge in [0.1, 0.15) is 5.82 Å². The molecule has 7 heteroatoms. The average molecular weight is 261 g/mol. The zero-order valence-corrected chi connectivity index (χ0v) is 11.5. The molecule has 0 aliphatic carbocycles. The van der Waals surface area contributed by atoms with Crippen LogP contribution in [0.25, 0.3) is 11.0 Å². The monoisotopic (exact) mass is 261 g/mol. The summed E-state index contributed by atoms with van der Waals surface area (Å²) in [6.45, 7) is 4.19. The van der Waals surface area contributed by atoms with Crippen molar-refractivity contribution in [2.24, 2.45) is 5.92 Å². The highest BCUT2D eigenvalue weighted by Gasteiger charge is 2.32. The largest absolute Gasteiger partial charge is 0.368 e. The Bertz CT molecular complexity index is 591. The maximum atomic E-state index is 5.77. The Balaban J connectivity index is 1.99. The fraction of sp³-hybridized carbons (Fsp3) is 0.583. The number of rotatable bonds is 2. The molecule has 102 valence electrons. The first-order chi connectivity index (χ1) is 9.06. The highest BCUT2D eigenvalue weighted by atomic mass is 15.3. The highest BCUT2D eigenvalue weighted by molar-refractivity contribution is 5.87. The fourth-order valence-corrected chi connectivity index (χ4v) is 2.87. The number of fused-ring (bicyclic) bond motifs is 1. The molecule has 0 bridgehead atoms. The van der Waals surface area contributed by atoms with Gasteiger partial charge >= 0.3 is 0 Å². The van der Waals surface area contributed by atoms with Gasteiger partial charge in [0.15, 0.2) is 5.65 Å². The van der Waals surface area contributed by atoms with E-state index in [1.807, 2.05) is 0 Å². The van der Waals surface area contributed by atoms with Crippen molar-refractivity contribution in [3.8, 4) is 0 Å². The Kier molecular flexibility index (Phi) is 2.78. The lowest BCUT2D eigenvalue weighted by Gasteiger charge is -2.22. The summed E-state index contributed by atoms with van der Waals surface area (Å²) in [5.41, 5.74) is 6.47. The molecule has 0 amide bonds. The van der Waals surface area contributed by atoms with Crippen LogP contribution in [-0.2, 0) is 0 Å². The summed E-state index contributed by atoms with van der Waals surface area (Å²) in [5.74, 6) is 1.76. The second-order valence-electron chi connectivity index (χ2n) is 5.45. The van der Waals surface area contributed by atoms with Gasteiger partial charge in [-0.2, -0.15) is 15.1 Å². The van der Waals surface area contributed by atoms with Gasteiger partial charge in [0, 0.05) is 19.1 Å². The van der Waals surface area contributed by atoms with Gasteiger partial charge in [-0.15, -0.1) is 0 Å². The predicted octanol–water partition coefficient (Wildman–Crippen LogP) is 0.321. The Hall–Kier alpha value is -1.89. The van der Waals surface area contributed by atoms with Crippen LogP contribution in [-0.4, -0.2) is 58.3 Å². The molecule has 1 fully saturated rings. The van der Waals surface area contributed by atoms with Crippen molar-refractivity contribution in [1.82, 2.24) is 25.1 Å². The molecule has 3 heterocycles. The van der Waals surface area contributed by atoms with Crippen molar-refractivity contribution >= 4 is 22.8 Å². The summed E-state index contributed by atoms with van der Waals surface area (Å²) in [6, 6.07) is 0.526. The van der Waals surface area contributed by atoms with Gasteiger partial charge in [0.2, 0.25) is 5.95 Å². The normalized spacial score (nSPS) is 23.7. The third-order valence-electron chi connectivity index (χ3n) is 3.84. The van der Waals surface area contributed by atoms with Crippen LogP contribution in [0.5, 0.6) is 0 Å². The predicted molar refractivity (Wildman–Crippen MR) is 74.9 cm³/mol. The van der Waals surface area contributed by atoms with Gasteiger partial charge in [-0.3, -0.25) is 5.10 Å². The third kappa shape index (κ3) is 1.99. The van der Waals surface area contributed by atoms with Crippen LogP contribution in [0.3, 0.4) is 0 Å². The van der Waals surface area contributed by atoms with Crippen LogP contribution < -0.4 is 10.6 Å². The second kappa shape index (κ2) is 4.34. The zero-order valence-electron chi connectivity index (χ0n) is 11.5. The number of nitrogens with two attached hydrogens (primary N) is 1. The minimum Gasteiger partial charge on any atom is -0.368 e. The summed E-state index contributed by atoms with van der Waals surface area (Å²) >= 11 is 0. The molecule has 1 aliphatic rings. The molecule has 1 aliphatic heterocycles. The number of aromatic amines is 1. The van der Waals surface area contributed by atoms with Crippen molar-refractivity contribution in [2.75, 3.05) is 37.8 Å². The molecule has 0 aromatic carbocycles. The number of nitrogens with zero attached hydrogens (tertiary/aromatic N) is 5. The van der Waals surface area contributed by atoms with Crippen LogP contribution in [0.2, 0.25) is 0 Å². The van der Waals surface area contributed by atoms with Gasteiger partial charge in [0.25, 0.3) is 0 Å². The van der Waals surface area contributed by atoms with E-state index in [0.29, 0.717) is 17.6 Å². The van der Waals surface area contributed by atoms with E-state index in [2.05, 4.69) is 51.0 Å². The number of anilines is 2. The van der Waals surface area contributed by atoms with Gasteiger partial charge in [-0.05, 0) is 20.0 Å². The number of nitrogens with one attached hydrogen (secondary N) is 1. The van der Waals surface area contributed by atoms with E-state index in [9.17, 15) is 0 Å². The van der Waals surface area contributed by atoms with Crippen molar-refractivity contribution in [3.63, 3.8) is 0 Å². The van der Waals surface area contributed by atoms with Crippen molar-refractivity contribution in [1.29, 1.82) is 0 Å². The number of nitrogen functional groups attached to an aromatic ring is 1. The first-order valence-electron chi connectivity index (χ1n) is 6.44. The molecule has 0 radical (unpaired) electrons. The summed E-state index contributed by atoms with van der Waals surface area (Å²) in [6.07, 6.45) is 1.76. The van der Waals surface area contributed by atoms with E-state index in [0.717, 1.165) is 24.3 Å². The molecule has 19 heavy (non-hydrogen) atoms. The minimum absolute atomic E-state index is 0.285. The average Bonchev–Trinajstić information content (AvgIpc) is 2.93. The molecular formula is C12H19N7. The van der Waals surface area contributed by atoms with Crippen molar-refractivity contribution < 1.29 is 0 Å². The van der Waals surface area contributed by atoms with E-state index >= 15 is 0 Å². The third-order valence-corrected chi connectivity index (χ3v) is 3.84. The number of hydrogen-bond donors (Lipinski definition) is 2. The molecule has 2 atom stereocenters. The van der Waals surface area contributed by atoms with Gasteiger partial charge in [0.05, 0.1) is 11.6 Å². The van der Waals surface area contributed by atoms with E-state index in [1.165, 1.54) is 0 Å². The summed E-state index contributed by atoms with van der Waals surface area (Å²) in [7, 11) is 4.24. The summed E-state index contributed by atoms with van der Waals surface area (Å²) < 4.78 is 0. The number of likely N-dealkylation sites (N-methyl/N-ethyl adjacent to an activating group) is 1. The second-order valence-corrected chi connectivity index (χ2v) is 5.45. The van der Waals surface area contributed by atoms with Crippen LogP contribution >= 0.6 is 0 Å². The van der Waals surface area contributed by atoms with E-state index in [-0.39, 0.29) is 5.95 Å². The lowest BCUT2D eigenvalue weighted by Crippen LogP contribution is -2.34. The first kappa shape index (κ1) is 12.2. The molecule has 0 spiro atoms. The lowest BCUT2D eigenvalue weighted by atomic mass is 10.1. The number of hydrogen-bond acceptors (Lipinski definition) is 6.